The SMILES string of the molecule is O=[N+]([O-])CCC/C=C/c1ccccc1Br. The Balaban J connectivity index is 2.38. The summed E-state index contributed by atoms with van der Waals surface area (Å²) in [5.41, 5.74) is 1.10. The first-order chi connectivity index (χ1) is 7.20. The first kappa shape index (κ1) is 11.9. The maximum atomic E-state index is 10.1. The quantitative estimate of drug-likeness (QED) is 0.466. The van der Waals surface area contributed by atoms with E-state index >= 15 is 0 Å². The van der Waals surface area contributed by atoms with Gasteiger partial charge in [0.15, 0.2) is 0 Å². The third-order valence-electron chi connectivity index (χ3n) is 1.91. The van der Waals surface area contributed by atoms with E-state index in [1.54, 1.807) is 0 Å². The molecule has 1 rings (SSSR count). The van der Waals surface area contributed by atoms with Gasteiger partial charge in [0.1, 0.15) is 0 Å². The van der Waals surface area contributed by atoms with E-state index in [1.165, 1.54) is 0 Å². The summed E-state index contributed by atoms with van der Waals surface area (Å²) in [6, 6.07) is 7.88. The lowest BCUT2D eigenvalue weighted by Gasteiger charge is -1.96. The topological polar surface area (TPSA) is 43.1 Å². The summed E-state index contributed by atoms with van der Waals surface area (Å²) in [6.45, 7) is 0.0420. The highest BCUT2D eigenvalue weighted by Crippen LogP contribution is 2.17. The molecule has 1 aromatic rings. The Labute approximate surface area is 97.1 Å². The van der Waals surface area contributed by atoms with Crippen molar-refractivity contribution >= 4 is 22.0 Å². The molecule has 0 amide bonds. The lowest BCUT2D eigenvalue weighted by Crippen LogP contribution is -1.98. The molecule has 0 atom stereocenters. The predicted molar refractivity (Wildman–Crippen MR) is 64.3 cm³/mol. The normalized spacial score (nSPS) is 10.7. The third-order valence-corrected chi connectivity index (χ3v) is 2.64. The molecular weight excluding hydrogens is 258 g/mol. The van der Waals surface area contributed by atoms with Gasteiger partial charge < -0.3 is 0 Å². The number of allylic oxidation sites excluding steroid dienone is 1. The lowest BCUT2D eigenvalue weighted by atomic mass is 10.2. The molecule has 15 heavy (non-hydrogen) atoms. The van der Waals surface area contributed by atoms with E-state index in [1.807, 2.05) is 36.4 Å². The van der Waals surface area contributed by atoms with E-state index in [9.17, 15) is 10.1 Å². The number of nitro groups is 1. The van der Waals surface area contributed by atoms with Crippen LogP contribution in [0.2, 0.25) is 0 Å². The van der Waals surface area contributed by atoms with Gasteiger partial charge in [-0.2, -0.15) is 0 Å². The average molecular weight is 270 g/mol. The Morgan fingerprint density at radius 1 is 1.40 bits per heavy atom. The van der Waals surface area contributed by atoms with E-state index in [4.69, 9.17) is 0 Å². The molecule has 0 saturated heterocycles. The maximum Gasteiger partial charge on any atom is 0.204 e. The van der Waals surface area contributed by atoms with Crippen LogP contribution in [0.15, 0.2) is 34.8 Å². The summed E-state index contributed by atoms with van der Waals surface area (Å²) in [6.07, 6.45) is 5.27. The van der Waals surface area contributed by atoms with Gasteiger partial charge in [0.25, 0.3) is 0 Å². The fraction of sp³-hybridized carbons (Fsp3) is 0.273. The fourth-order valence-corrected chi connectivity index (χ4v) is 1.58. The van der Waals surface area contributed by atoms with Crippen LogP contribution in [0.1, 0.15) is 18.4 Å². The minimum Gasteiger partial charge on any atom is -0.265 e. The highest BCUT2D eigenvalue weighted by molar-refractivity contribution is 9.10. The number of rotatable bonds is 5. The number of nitrogens with zero attached hydrogens (tertiary/aromatic N) is 1. The van der Waals surface area contributed by atoms with E-state index in [2.05, 4.69) is 15.9 Å². The van der Waals surface area contributed by atoms with Crippen molar-refractivity contribution in [1.29, 1.82) is 0 Å². The van der Waals surface area contributed by atoms with Crippen molar-refractivity contribution in [2.45, 2.75) is 12.8 Å². The maximum absolute atomic E-state index is 10.1. The summed E-state index contributed by atoms with van der Waals surface area (Å²) in [7, 11) is 0. The highest BCUT2D eigenvalue weighted by atomic mass is 79.9. The second kappa shape index (κ2) is 6.35. The number of hydrogen-bond donors (Lipinski definition) is 0. The number of hydrogen-bond acceptors (Lipinski definition) is 2. The monoisotopic (exact) mass is 269 g/mol. The molecule has 0 fully saturated rings. The van der Waals surface area contributed by atoms with Gasteiger partial charge in [-0.1, -0.05) is 46.3 Å². The second-order valence-electron chi connectivity index (χ2n) is 3.12. The van der Waals surface area contributed by atoms with Crippen molar-refractivity contribution in [1.82, 2.24) is 0 Å². The zero-order chi connectivity index (χ0) is 11.1. The van der Waals surface area contributed by atoms with Gasteiger partial charge >= 0.3 is 0 Å². The van der Waals surface area contributed by atoms with E-state index in [0.29, 0.717) is 6.42 Å². The predicted octanol–water partition coefficient (Wildman–Crippen LogP) is 3.52. The summed E-state index contributed by atoms with van der Waals surface area (Å²) in [4.78, 5) is 9.78. The van der Waals surface area contributed by atoms with Crippen LogP contribution in [-0.2, 0) is 0 Å². The van der Waals surface area contributed by atoms with E-state index in [0.717, 1.165) is 16.5 Å². The standard InChI is InChI=1S/C11H12BrNO2/c12-11-8-4-3-7-10(11)6-2-1-5-9-13(14)15/h2-4,6-8H,1,5,9H2/b6-2+. The molecule has 0 radical (unpaired) electrons. The summed E-state index contributed by atoms with van der Waals surface area (Å²) < 4.78 is 1.04. The first-order valence-corrected chi connectivity index (χ1v) is 5.52. The summed E-state index contributed by atoms with van der Waals surface area (Å²) in [5, 5.41) is 10.1. The number of benzene rings is 1. The molecule has 0 saturated carbocycles. The second-order valence-corrected chi connectivity index (χ2v) is 3.98. The zero-order valence-electron chi connectivity index (χ0n) is 8.23. The van der Waals surface area contributed by atoms with E-state index < -0.39 is 0 Å². The van der Waals surface area contributed by atoms with Crippen LogP contribution in [-0.4, -0.2) is 11.5 Å². The molecule has 1 aromatic carbocycles. The Morgan fingerprint density at radius 2 is 2.13 bits per heavy atom. The van der Waals surface area contributed by atoms with Gasteiger partial charge in [-0.25, -0.2) is 0 Å². The van der Waals surface area contributed by atoms with Crippen LogP contribution in [0.25, 0.3) is 6.08 Å². The summed E-state index contributed by atoms with van der Waals surface area (Å²) in [5.74, 6) is 0. The van der Waals surface area contributed by atoms with Crippen molar-refractivity contribution in [2.75, 3.05) is 6.54 Å². The van der Waals surface area contributed by atoms with Crippen molar-refractivity contribution in [2.24, 2.45) is 0 Å². The smallest absolute Gasteiger partial charge is 0.204 e. The minimum atomic E-state index is -0.285. The lowest BCUT2D eigenvalue weighted by molar-refractivity contribution is -0.480. The molecule has 0 N–H and O–H groups in total. The van der Waals surface area contributed by atoms with Gasteiger partial charge in [-0.05, 0) is 18.1 Å². The van der Waals surface area contributed by atoms with Crippen LogP contribution in [0.5, 0.6) is 0 Å². The molecule has 0 spiro atoms. The Hall–Kier alpha value is -1.16. The molecule has 0 unspecified atom stereocenters. The van der Waals surface area contributed by atoms with Crippen molar-refractivity contribution in [3.63, 3.8) is 0 Å². The molecule has 80 valence electrons. The Morgan fingerprint density at radius 3 is 2.80 bits per heavy atom. The highest BCUT2D eigenvalue weighted by Gasteiger charge is 1.95. The van der Waals surface area contributed by atoms with Gasteiger partial charge in [-0.15, -0.1) is 0 Å². The van der Waals surface area contributed by atoms with Crippen LogP contribution in [0.3, 0.4) is 0 Å². The van der Waals surface area contributed by atoms with Crippen molar-refractivity contribution < 1.29 is 4.92 Å². The molecule has 0 bridgehead atoms. The Kier molecular flexibility index (Phi) is 5.04. The van der Waals surface area contributed by atoms with E-state index in [-0.39, 0.29) is 11.5 Å². The molecule has 3 nitrogen and oxygen atoms in total. The third kappa shape index (κ3) is 4.74. The van der Waals surface area contributed by atoms with Crippen LogP contribution in [0, 0.1) is 10.1 Å². The van der Waals surface area contributed by atoms with Crippen molar-refractivity contribution in [3.05, 3.63) is 50.5 Å². The van der Waals surface area contributed by atoms with Gasteiger partial charge in [0, 0.05) is 15.8 Å². The number of halogens is 1. The van der Waals surface area contributed by atoms with Gasteiger partial charge in [0.05, 0.1) is 0 Å². The largest absolute Gasteiger partial charge is 0.265 e. The zero-order valence-corrected chi connectivity index (χ0v) is 9.81. The Bertz CT molecular complexity index is 363. The average Bonchev–Trinajstić information content (AvgIpc) is 2.20. The van der Waals surface area contributed by atoms with Gasteiger partial charge in [-0.3, -0.25) is 10.1 Å². The minimum absolute atomic E-state index is 0.0420. The van der Waals surface area contributed by atoms with Crippen molar-refractivity contribution in [3.8, 4) is 0 Å². The first-order valence-electron chi connectivity index (χ1n) is 4.73. The molecule has 0 aliphatic rings. The summed E-state index contributed by atoms with van der Waals surface area (Å²) >= 11 is 3.43. The molecule has 0 aliphatic heterocycles. The van der Waals surface area contributed by atoms with Crippen LogP contribution in [0.4, 0.5) is 0 Å². The molecular formula is C11H12BrNO2. The van der Waals surface area contributed by atoms with Crippen LogP contribution >= 0.6 is 15.9 Å². The molecule has 0 heterocycles. The molecule has 0 aromatic heterocycles. The van der Waals surface area contributed by atoms with Crippen LogP contribution < -0.4 is 0 Å². The fourth-order valence-electron chi connectivity index (χ4n) is 1.16. The van der Waals surface area contributed by atoms with Gasteiger partial charge in [0.2, 0.25) is 6.54 Å². The number of unbranched alkanes of at least 4 members (excludes halogenated alkanes) is 1. The molecule has 4 heteroatoms. The molecule has 0 aliphatic carbocycles.